The number of amides is 1. The highest BCUT2D eigenvalue weighted by Crippen LogP contribution is 2.27. The maximum absolute atomic E-state index is 11.2. The molecule has 0 heterocycles. The molecule has 4 N–H and O–H groups in total. The highest BCUT2D eigenvalue weighted by molar-refractivity contribution is 5.94. The van der Waals surface area contributed by atoms with E-state index in [2.05, 4.69) is 0 Å². The number of aryl methyl sites for hydroxylation is 1. The summed E-state index contributed by atoms with van der Waals surface area (Å²) in [6, 6.07) is 13.1. The van der Waals surface area contributed by atoms with Crippen LogP contribution in [0.4, 0.5) is 17.7 Å². The van der Waals surface area contributed by atoms with Crippen molar-refractivity contribution in [3.05, 3.63) is 53.6 Å². The van der Waals surface area contributed by atoms with Crippen LogP contribution in [0.2, 0.25) is 0 Å². The van der Waals surface area contributed by atoms with Gasteiger partial charge in [-0.2, -0.15) is 13.2 Å². The van der Waals surface area contributed by atoms with Gasteiger partial charge in [-0.05, 0) is 47.9 Å². The van der Waals surface area contributed by atoms with Crippen LogP contribution in [0.25, 0.3) is 11.1 Å². The van der Waals surface area contributed by atoms with Crippen molar-refractivity contribution >= 4 is 11.9 Å². The van der Waals surface area contributed by atoms with Crippen molar-refractivity contribution in [1.29, 1.82) is 0 Å². The van der Waals surface area contributed by atoms with Crippen molar-refractivity contribution in [2.75, 3.05) is 13.2 Å². The van der Waals surface area contributed by atoms with Gasteiger partial charge in [-0.1, -0.05) is 18.2 Å². The van der Waals surface area contributed by atoms with E-state index in [1.54, 1.807) is 12.1 Å². The van der Waals surface area contributed by atoms with E-state index in [9.17, 15) is 22.5 Å². The Bertz CT molecular complexity index is 825. The van der Waals surface area contributed by atoms with Gasteiger partial charge in [0.25, 0.3) is 0 Å². The molecule has 0 fully saturated rings. The highest BCUT2D eigenvalue weighted by atomic mass is 19.4. The molecule has 2 aromatic rings. The molecule has 0 saturated carbocycles. The zero-order valence-electron chi connectivity index (χ0n) is 14.8. The van der Waals surface area contributed by atoms with Gasteiger partial charge in [0.05, 0.1) is 0 Å². The lowest BCUT2D eigenvalue weighted by atomic mass is 9.98. The molecule has 152 valence electrons. The minimum Gasteiger partial charge on any atom is -0.492 e. The molecule has 0 radical (unpaired) electrons. The zero-order valence-corrected chi connectivity index (χ0v) is 14.8. The number of nitrogens with two attached hydrogens (primary N) is 2. The number of carbonyl (C=O) groups is 2. The number of ether oxygens (including phenoxy) is 1. The van der Waals surface area contributed by atoms with Crippen LogP contribution in [-0.2, 0) is 9.74 Å². The third kappa shape index (κ3) is 6.88. The summed E-state index contributed by atoms with van der Waals surface area (Å²) in [5, 5.41) is 0. The summed E-state index contributed by atoms with van der Waals surface area (Å²) >= 11 is 0. The van der Waals surface area contributed by atoms with Gasteiger partial charge < -0.3 is 16.2 Å². The molecule has 0 aromatic heterocycles. The number of alkyl halides is 3. The molecule has 0 atom stereocenters. The molecule has 0 bridgehead atoms. The third-order valence-electron chi connectivity index (χ3n) is 3.34. The monoisotopic (exact) mass is 402 g/mol. The number of rotatable bonds is 5. The second-order valence-corrected chi connectivity index (χ2v) is 5.42. The van der Waals surface area contributed by atoms with E-state index < -0.39 is 18.1 Å². The van der Waals surface area contributed by atoms with Crippen LogP contribution < -0.4 is 16.2 Å². The van der Waals surface area contributed by atoms with Crippen molar-refractivity contribution in [3.63, 3.8) is 0 Å². The molecule has 0 unspecified atom stereocenters. The lowest BCUT2D eigenvalue weighted by Gasteiger charge is -2.10. The van der Waals surface area contributed by atoms with E-state index in [1.807, 2.05) is 42.2 Å². The summed E-state index contributed by atoms with van der Waals surface area (Å²) in [7, 11) is 0. The lowest BCUT2D eigenvalue weighted by molar-refractivity contribution is -0.234. The van der Waals surface area contributed by atoms with Crippen molar-refractivity contribution in [2.24, 2.45) is 11.5 Å². The first-order valence-electron chi connectivity index (χ1n) is 7.83. The number of halogens is 4. The molecule has 0 aliphatic heterocycles. The van der Waals surface area contributed by atoms with E-state index in [4.69, 9.17) is 21.0 Å². The maximum Gasteiger partial charge on any atom is 0.494 e. The first-order chi connectivity index (χ1) is 13.1. The zero-order chi connectivity index (χ0) is 21.3. The average molecular weight is 402 g/mol. The molecule has 0 spiro atoms. The highest BCUT2D eigenvalue weighted by Gasteiger charge is 2.42. The standard InChI is InChI=1S/C16H18N2O2.C2F4O2/c1-11-9-14(20-8-7-17)5-6-15(11)12-3-2-4-13(10-12)16(18)19;3-2(4,5)1(7)8-6/h2-6,9-10H,7-8,17H2,1H3,(H2,18,19);. The number of hydrogen-bond acceptors (Lipinski definition) is 5. The predicted molar refractivity (Wildman–Crippen MR) is 92.9 cm³/mol. The molecule has 1 amide bonds. The van der Waals surface area contributed by atoms with Crippen molar-refractivity contribution in [3.8, 4) is 16.9 Å². The van der Waals surface area contributed by atoms with E-state index >= 15 is 0 Å². The fourth-order valence-electron chi connectivity index (χ4n) is 2.11. The second kappa shape index (κ2) is 10.3. The minimum atomic E-state index is -5.23. The van der Waals surface area contributed by atoms with Crippen LogP contribution >= 0.6 is 0 Å². The molecular formula is C18H18F4N2O4. The van der Waals surface area contributed by atoms with Crippen molar-refractivity contribution in [2.45, 2.75) is 13.1 Å². The van der Waals surface area contributed by atoms with Gasteiger partial charge in [-0.25, -0.2) is 9.74 Å². The summed E-state index contributed by atoms with van der Waals surface area (Å²) in [5.74, 6) is -2.47. The Balaban J connectivity index is 0.000000416. The van der Waals surface area contributed by atoms with Gasteiger partial charge in [0.15, 0.2) is 0 Å². The van der Waals surface area contributed by atoms with Crippen molar-refractivity contribution < 1.29 is 37.0 Å². The van der Waals surface area contributed by atoms with Crippen LogP contribution in [0, 0.1) is 6.92 Å². The molecule has 0 aliphatic carbocycles. The van der Waals surface area contributed by atoms with Crippen molar-refractivity contribution in [1.82, 2.24) is 0 Å². The second-order valence-electron chi connectivity index (χ2n) is 5.42. The van der Waals surface area contributed by atoms with Crippen LogP contribution in [-0.4, -0.2) is 31.2 Å². The fraction of sp³-hybridized carbons (Fsp3) is 0.222. The van der Waals surface area contributed by atoms with Crippen LogP contribution in [0.15, 0.2) is 42.5 Å². The molecule has 2 rings (SSSR count). The molecule has 0 saturated heterocycles. The Morgan fingerprint density at radius 2 is 1.79 bits per heavy atom. The molecule has 10 heteroatoms. The summed E-state index contributed by atoms with van der Waals surface area (Å²) < 4.78 is 48.0. The van der Waals surface area contributed by atoms with E-state index in [1.165, 1.54) is 0 Å². The van der Waals surface area contributed by atoms with Gasteiger partial charge in [0.2, 0.25) is 5.91 Å². The average Bonchev–Trinajstić information content (AvgIpc) is 2.65. The van der Waals surface area contributed by atoms with Gasteiger partial charge in [-0.3, -0.25) is 4.79 Å². The van der Waals surface area contributed by atoms with Gasteiger partial charge in [0.1, 0.15) is 12.4 Å². The van der Waals surface area contributed by atoms with Crippen LogP contribution in [0.3, 0.4) is 0 Å². The molecular weight excluding hydrogens is 384 g/mol. The Hall–Kier alpha value is -3.14. The van der Waals surface area contributed by atoms with Crippen LogP contribution in [0.5, 0.6) is 5.75 Å². The Morgan fingerprint density at radius 3 is 2.25 bits per heavy atom. The quantitative estimate of drug-likeness (QED) is 0.748. The first kappa shape index (κ1) is 22.9. The topological polar surface area (TPSA) is 105 Å². The Labute approximate surface area is 157 Å². The van der Waals surface area contributed by atoms with Gasteiger partial charge in [0, 0.05) is 16.6 Å². The summed E-state index contributed by atoms with van der Waals surface area (Å²) in [6.45, 7) is 2.99. The molecule has 2 aromatic carbocycles. The van der Waals surface area contributed by atoms with E-state index in [-0.39, 0.29) is 0 Å². The fourth-order valence-corrected chi connectivity index (χ4v) is 2.11. The summed E-state index contributed by atoms with van der Waals surface area (Å²) in [4.78, 5) is 22.2. The third-order valence-corrected chi connectivity index (χ3v) is 3.34. The normalized spacial score (nSPS) is 10.5. The minimum absolute atomic E-state index is 0.424. The summed E-state index contributed by atoms with van der Waals surface area (Å²) in [6.07, 6.45) is -5.23. The predicted octanol–water partition coefficient (Wildman–Crippen LogP) is 3.07. The SMILES string of the molecule is Cc1cc(OCCN)ccc1-c1cccc(C(N)=O)c1.O=C(OF)C(F)(F)F. The number of primary amides is 1. The number of carbonyl (C=O) groups excluding carboxylic acids is 2. The molecule has 6 nitrogen and oxygen atoms in total. The smallest absolute Gasteiger partial charge is 0.492 e. The Kier molecular flexibility index (Phi) is 8.39. The molecule has 0 aliphatic rings. The van der Waals surface area contributed by atoms with Gasteiger partial charge in [-0.15, -0.1) is 0 Å². The first-order valence-corrected chi connectivity index (χ1v) is 7.83. The number of benzene rings is 2. The summed E-state index contributed by atoms with van der Waals surface area (Å²) in [5.41, 5.74) is 14.3. The Morgan fingerprint density at radius 1 is 1.11 bits per heavy atom. The lowest BCUT2D eigenvalue weighted by Crippen LogP contribution is -2.22. The maximum atomic E-state index is 11.2. The van der Waals surface area contributed by atoms with Gasteiger partial charge >= 0.3 is 12.1 Å². The largest absolute Gasteiger partial charge is 0.494 e. The molecule has 28 heavy (non-hydrogen) atoms. The number of hydrogen-bond donors (Lipinski definition) is 2. The van der Waals surface area contributed by atoms with E-state index in [0.29, 0.717) is 18.7 Å². The van der Waals surface area contributed by atoms with E-state index in [0.717, 1.165) is 22.4 Å². The van der Waals surface area contributed by atoms with Crippen LogP contribution in [0.1, 0.15) is 15.9 Å².